The van der Waals surface area contributed by atoms with Crippen molar-refractivity contribution in [3.05, 3.63) is 77.4 Å². The normalized spacial score (nSPS) is 17.3. The third kappa shape index (κ3) is 5.14. The van der Waals surface area contributed by atoms with E-state index < -0.39 is 11.7 Å². The van der Waals surface area contributed by atoms with Crippen LogP contribution in [0.5, 0.6) is 5.75 Å². The molecule has 8 nitrogen and oxygen atoms in total. The second-order valence-electron chi connectivity index (χ2n) is 8.58. The van der Waals surface area contributed by atoms with Crippen LogP contribution < -0.4 is 26.0 Å². The Balaban J connectivity index is 1.30. The van der Waals surface area contributed by atoms with Gasteiger partial charge in [-0.05, 0) is 36.4 Å². The summed E-state index contributed by atoms with van der Waals surface area (Å²) in [6.07, 6.45) is 2.11. The van der Waals surface area contributed by atoms with Crippen LogP contribution in [0.4, 0.5) is 21.5 Å². The minimum absolute atomic E-state index is 0.219. The lowest BCUT2D eigenvalue weighted by molar-refractivity contribution is 0.100. The van der Waals surface area contributed by atoms with Gasteiger partial charge in [-0.3, -0.25) is 9.78 Å². The van der Waals surface area contributed by atoms with Crippen LogP contribution in [0.3, 0.4) is 0 Å². The number of primary amides is 1. The van der Waals surface area contributed by atoms with Crippen LogP contribution in [0.25, 0.3) is 0 Å². The van der Waals surface area contributed by atoms with E-state index in [1.54, 1.807) is 6.07 Å². The number of amides is 1. The molecule has 2 aliphatic rings. The lowest BCUT2D eigenvalue weighted by atomic mass is 9.99. The number of carbonyl (C=O) groups is 1. The molecule has 35 heavy (non-hydrogen) atoms. The Morgan fingerprint density at radius 1 is 1.14 bits per heavy atom. The first-order valence-electron chi connectivity index (χ1n) is 11.7. The lowest BCUT2D eigenvalue weighted by Crippen LogP contribution is -2.36. The van der Waals surface area contributed by atoms with Gasteiger partial charge in [0.05, 0.1) is 49.4 Å². The SMILES string of the molecule is NC(=O)c1cnc(CNc2ccc(N3CCOCC3)cc2)cc1NC1CCOc2c(F)cccc21. The summed E-state index contributed by atoms with van der Waals surface area (Å²) in [5.74, 6) is -0.735. The quantitative estimate of drug-likeness (QED) is 0.477. The maximum atomic E-state index is 14.2. The fraction of sp³-hybridized carbons (Fsp3) is 0.308. The fourth-order valence-corrected chi connectivity index (χ4v) is 4.44. The van der Waals surface area contributed by atoms with Gasteiger partial charge in [0, 0.05) is 42.6 Å². The van der Waals surface area contributed by atoms with Crippen LogP contribution in [0.2, 0.25) is 0 Å². The van der Waals surface area contributed by atoms with E-state index in [1.165, 1.54) is 18.0 Å². The minimum Gasteiger partial charge on any atom is -0.490 e. The summed E-state index contributed by atoms with van der Waals surface area (Å²) in [6.45, 7) is 4.11. The first-order chi connectivity index (χ1) is 17.1. The van der Waals surface area contributed by atoms with Gasteiger partial charge in [-0.15, -0.1) is 0 Å². The zero-order chi connectivity index (χ0) is 24.2. The molecule has 3 aromatic rings. The van der Waals surface area contributed by atoms with Crippen molar-refractivity contribution in [2.75, 3.05) is 48.4 Å². The molecule has 0 spiro atoms. The molecule has 1 fully saturated rings. The van der Waals surface area contributed by atoms with Crippen LogP contribution >= 0.6 is 0 Å². The molecule has 0 aliphatic carbocycles. The highest BCUT2D eigenvalue weighted by atomic mass is 19.1. The van der Waals surface area contributed by atoms with Crippen molar-refractivity contribution in [1.82, 2.24) is 4.98 Å². The number of pyridine rings is 1. The molecular formula is C26H28FN5O3. The van der Waals surface area contributed by atoms with Crippen molar-refractivity contribution in [3.63, 3.8) is 0 Å². The Hall–Kier alpha value is -3.85. The molecule has 4 N–H and O–H groups in total. The van der Waals surface area contributed by atoms with Gasteiger partial charge < -0.3 is 30.7 Å². The van der Waals surface area contributed by atoms with Gasteiger partial charge in [0.2, 0.25) is 0 Å². The summed E-state index contributed by atoms with van der Waals surface area (Å²) in [7, 11) is 0. The molecule has 0 saturated carbocycles. The monoisotopic (exact) mass is 477 g/mol. The highest BCUT2D eigenvalue weighted by Crippen LogP contribution is 2.36. The Morgan fingerprint density at radius 3 is 2.71 bits per heavy atom. The molecule has 3 heterocycles. The molecule has 5 rings (SSSR count). The number of carbonyl (C=O) groups excluding carboxylic acids is 1. The number of ether oxygens (including phenoxy) is 2. The van der Waals surface area contributed by atoms with Crippen LogP contribution in [0.1, 0.15) is 34.1 Å². The van der Waals surface area contributed by atoms with Crippen molar-refractivity contribution < 1.29 is 18.7 Å². The van der Waals surface area contributed by atoms with Gasteiger partial charge in [-0.25, -0.2) is 4.39 Å². The number of morpholine rings is 1. The third-order valence-corrected chi connectivity index (χ3v) is 6.30. The molecule has 0 radical (unpaired) electrons. The number of hydrogen-bond acceptors (Lipinski definition) is 7. The largest absolute Gasteiger partial charge is 0.490 e. The van der Waals surface area contributed by atoms with E-state index in [1.807, 2.05) is 24.3 Å². The standard InChI is InChI=1S/C26H28FN5O3/c27-22-3-1-2-20-23(8-11-35-25(20)22)31-24-14-18(30-16-21(24)26(28)33)15-29-17-4-6-19(7-5-17)32-9-12-34-13-10-32/h1-7,14,16,23,29H,8-13,15H2,(H2,28,33)(H,30,31). The molecule has 1 aromatic heterocycles. The van der Waals surface area contributed by atoms with Gasteiger partial charge >= 0.3 is 0 Å². The van der Waals surface area contributed by atoms with Crippen molar-refractivity contribution in [2.24, 2.45) is 5.73 Å². The number of aromatic nitrogens is 1. The molecule has 2 aliphatic heterocycles. The molecule has 0 bridgehead atoms. The molecular weight excluding hydrogens is 449 g/mol. The number of para-hydroxylation sites is 1. The fourth-order valence-electron chi connectivity index (χ4n) is 4.44. The van der Waals surface area contributed by atoms with E-state index in [-0.39, 0.29) is 17.4 Å². The molecule has 182 valence electrons. The Bertz CT molecular complexity index is 1200. The summed E-state index contributed by atoms with van der Waals surface area (Å²) < 4.78 is 25.1. The van der Waals surface area contributed by atoms with E-state index in [9.17, 15) is 9.18 Å². The van der Waals surface area contributed by atoms with Gasteiger partial charge in [0.15, 0.2) is 11.6 Å². The minimum atomic E-state index is -0.579. The van der Waals surface area contributed by atoms with Crippen LogP contribution in [0, 0.1) is 5.82 Å². The molecule has 2 aromatic carbocycles. The van der Waals surface area contributed by atoms with E-state index in [0.29, 0.717) is 30.8 Å². The van der Waals surface area contributed by atoms with Crippen molar-refractivity contribution >= 4 is 23.0 Å². The summed E-state index contributed by atoms with van der Waals surface area (Å²) >= 11 is 0. The van der Waals surface area contributed by atoms with Gasteiger partial charge in [-0.1, -0.05) is 12.1 Å². The molecule has 9 heteroatoms. The predicted octanol–water partition coefficient (Wildman–Crippen LogP) is 3.70. The Kier molecular flexibility index (Phi) is 6.67. The molecule has 1 unspecified atom stereocenters. The number of nitrogens with one attached hydrogen (secondary N) is 2. The number of halogens is 1. The van der Waals surface area contributed by atoms with Crippen molar-refractivity contribution in [1.29, 1.82) is 0 Å². The Labute approximate surface area is 203 Å². The number of hydrogen-bond donors (Lipinski definition) is 3. The summed E-state index contributed by atoms with van der Waals surface area (Å²) in [5.41, 5.74) is 10.0. The van der Waals surface area contributed by atoms with Crippen molar-refractivity contribution in [3.8, 4) is 5.75 Å². The number of nitrogens with two attached hydrogens (primary N) is 1. The summed E-state index contributed by atoms with van der Waals surface area (Å²) in [5, 5.41) is 6.74. The van der Waals surface area contributed by atoms with Gasteiger partial charge in [0.1, 0.15) is 0 Å². The van der Waals surface area contributed by atoms with Gasteiger partial charge in [0.25, 0.3) is 5.91 Å². The number of benzene rings is 2. The van der Waals surface area contributed by atoms with E-state index in [4.69, 9.17) is 15.2 Å². The highest BCUT2D eigenvalue weighted by molar-refractivity contribution is 5.98. The predicted molar refractivity (Wildman–Crippen MR) is 132 cm³/mol. The third-order valence-electron chi connectivity index (χ3n) is 6.30. The highest BCUT2D eigenvalue weighted by Gasteiger charge is 2.25. The van der Waals surface area contributed by atoms with E-state index in [2.05, 4.69) is 32.7 Å². The van der Waals surface area contributed by atoms with Crippen molar-refractivity contribution in [2.45, 2.75) is 19.0 Å². The zero-order valence-electron chi connectivity index (χ0n) is 19.3. The maximum absolute atomic E-state index is 14.2. The average molecular weight is 478 g/mol. The van der Waals surface area contributed by atoms with E-state index in [0.717, 1.165) is 37.7 Å². The van der Waals surface area contributed by atoms with E-state index >= 15 is 0 Å². The molecule has 1 saturated heterocycles. The summed E-state index contributed by atoms with van der Waals surface area (Å²) in [4.78, 5) is 18.8. The van der Waals surface area contributed by atoms with Gasteiger partial charge in [-0.2, -0.15) is 0 Å². The molecule has 1 amide bonds. The first-order valence-corrected chi connectivity index (χ1v) is 11.7. The van der Waals surface area contributed by atoms with Crippen LogP contribution in [-0.4, -0.2) is 43.8 Å². The lowest BCUT2D eigenvalue weighted by Gasteiger charge is -2.29. The second kappa shape index (κ2) is 10.2. The molecule has 1 atom stereocenters. The number of anilines is 3. The zero-order valence-corrected chi connectivity index (χ0v) is 19.3. The number of nitrogens with zero attached hydrogens (tertiary/aromatic N) is 2. The van der Waals surface area contributed by atoms with Crippen LogP contribution in [0.15, 0.2) is 54.7 Å². The smallest absolute Gasteiger partial charge is 0.252 e. The number of fused-ring (bicyclic) bond motifs is 1. The topological polar surface area (TPSA) is 102 Å². The average Bonchev–Trinajstić information content (AvgIpc) is 2.89. The maximum Gasteiger partial charge on any atom is 0.252 e. The number of rotatable bonds is 7. The van der Waals surface area contributed by atoms with Crippen LogP contribution in [-0.2, 0) is 11.3 Å². The summed E-state index contributed by atoms with van der Waals surface area (Å²) in [6, 6.07) is 14.7. The second-order valence-corrected chi connectivity index (χ2v) is 8.58. The first kappa shape index (κ1) is 22.9. The Morgan fingerprint density at radius 2 is 1.94 bits per heavy atom.